The van der Waals surface area contributed by atoms with Crippen LogP contribution in [0.1, 0.15) is 31.9 Å². The summed E-state index contributed by atoms with van der Waals surface area (Å²) in [4.78, 5) is 4.22. The number of rotatable bonds is 2. The molecule has 23 heavy (non-hydrogen) atoms. The quantitative estimate of drug-likeness (QED) is 0.625. The van der Waals surface area contributed by atoms with E-state index in [1.54, 1.807) is 12.1 Å². The second-order valence-electron chi connectivity index (χ2n) is 6.16. The van der Waals surface area contributed by atoms with Crippen LogP contribution in [0.4, 0.5) is 5.69 Å². The van der Waals surface area contributed by atoms with Crippen LogP contribution in [0.2, 0.25) is 15.1 Å². The van der Waals surface area contributed by atoms with Gasteiger partial charge >= 0.3 is 0 Å². The lowest BCUT2D eigenvalue weighted by molar-refractivity contribution is 0.474. The number of nitrogens with zero attached hydrogens (tertiary/aromatic N) is 1. The minimum Gasteiger partial charge on any atom is -0.506 e. The predicted octanol–water partition coefficient (Wildman–Crippen LogP) is 6.11. The van der Waals surface area contributed by atoms with Gasteiger partial charge in [-0.3, -0.25) is 4.99 Å². The molecule has 0 amide bonds. The van der Waals surface area contributed by atoms with E-state index in [0.717, 1.165) is 5.56 Å². The van der Waals surface area contributed by atoms with E-state index >= 15 is 0 Å². The van der Waals surface area contributed by atoms with Crippen molar-refractivity contribution in [3.8, 4) is 11.5 Å². The Morgan fingerprint density at radius 2 is 1.52 bits per heavy atom. The van der Waals surface area contributed by atoms with Gasteiger partial charge in [0.05, 0.1) is 10.0 Å². The Hall–Kier alpha value is -1.42. The summed E-state index contributed by atoms with van der Waals surface area (Å²) in [5.41, 5.74) is 1.43. The third-order valence-corrected chi connectivity index (χ3v) is 4.10. The first-order valence-corrected chi connectivity index (χ1v) is 7.98. The smallest absolute Gasteiger partial charge is 0.159 e. The second kappa shape index (κ2) is 6.60. The SMILES string of the molecule is CC(C)(C)c1cc(Cl)c(O)c(N=Cc2cc(Cl)cc(Cl)c2O)c1. The fourth-order valence-corrected chi connectivity index (χ4v) is 2.66. The minimum atomic E-state index is -0.150. The molecule has 0 aromatic heterocycles. The molecule has 2 rings (SSSR count). The summed E-state index contributed by atoms with van der Waals surface area (Å²) in [6.45, 7) is 6.10. The second-order valence-corrected chi connectivity index (χ2v) is 7.41. The van der Waals surface area contributed by atoms with Gasteiger partial charge in [0.15, 0.2) is 5.75 Å². The third-order valence-electron chi connectivity index (χ3n) is 3.31. The van der Waals surface area contributed by atoms with Gasteiger partial charge in [-0.1, -0.05) is 55.6 Å². The fourth-order valence-electron chi connectivity index (χ4n) is 1.94. The van der Waals surface area contributed by atoms with E-state index in [4.69, 9.17) is 34.8 Å². The van der Waals surface area contributed by atoms with Crippen LogP contribution in [0.5, 0.6) is 11.5 Å². The highest BCUT2D eigenvalue weighted by Crippen LogP contribution is 2.39. The first-order valence-electron chi connectivity index (χ1n) is 6.84. The van der Waals surface area contributed by atoms with Crippen molar-refractivity contribution in [1.29, 1.82) is 0 Å². The fraction of sp³-hybridized carbons (Fsp3) is 0.235. The molecule has 0 bridgehead atoms. The maximum Gasteiger partial charge on any atom is 0.159 e. The molecule has 0 aliphatic rings. The lowest BCUT2D eigenvalue weighted by Gasteiger charge is -2.20. The van der Waals surface area contributed by atoms with Crippen molar-refractivity contribution in [3.05, 3.63) is 50.5 Å². The normalized spacial score (nSPS) is 12.1. The molecule has 0 saturated carbocycles. The number of phenols is 2. The lowest BCUT2D eigenvalue weighted by atomic mass is 9.87. The largest absolute Gasteiger partial charge is 0.506 e. The van der Waals surface area contributed by atoms with E-state index in [0.29, 0.717) is 16.3 Å². The van der Waals surface area contributed by atoms with Gasteiger partial charge in [-0.15, -0.1) is 0 Å². The molecule has 0 fully saturated rings. The molecule has 122 valence electrons. The zero-order chi connectivity index (χ0) is 17.4. The zero-order valence-corrected chi connectivity index (χ0v) is 15.1. The van der Waals surface area contributed by atoms with Crippen molar-refractivity contribution in [2.24, 2.45) is 4.99 Å². The maximum atomic E-state index is 10.1. The number of aromatic hydroxyl groups is 2. The Morgan fingerprint density at radius 1 is 0.913 bits per heavy atom. The Kier molecular flexibility index (Phi) is 5.14. The van der Waals surface area contributed by atoms with Gasteiger partial charge in [-0.2, -0.15) is 0 Å². The van der Waals surface area contributed by atoms with Crippen LogP contribution in [-0.2, 0) is 5.41 Å². The van der Waals surface area contributed by atoms with E-state index in [2.05, 4.69) is 4.99 Å². The molecule has 0 saturated heterocycles. The van der Waals surface area contributed by atoms with Crippen LogP contribution in [0.25, 0.3) is 0 Å². The van der Waals surface area contributed by atoms with Crippen molar-refractivity contribution in [3.63, 3.8) is 0 Å². The number of aliphatic imine (C=N–C) groups is 1. The van der Waals surface area contributed by atoms with E-state index < -0.39 is 0 Å². The Morgan fingerprint density at radius 3 is 2.13 bits per heavy atom. The summed E-state index contributed by atoms with van der Waals surface area (Å²) in [6.07, 6.45) is 1.38. The van der Waals surface area contributed by atoms with E-state index in [1.165, 1.54) is 18.3 Å². The average molecular weight is 373 g/mol. The number of hydrogen-bond donors (Lipinski definition) is 2. The molecule has 2 aromatic rings. The Bertz CT molecular complexity index is 780. The van der Waals surface area contributed by atoms with Crippen LogP contribution < -0.4 is 0 Å². The van der Waals surface area contributed by atoms with Gasteiger partial charge in [0.25, 0.3) is 0 Å². The molecule has 0 spiro atoms. The average Bonchev–Trinajstić information content (AvgIpc) is 2.43. The summed E-state index contributed by atoms with van der Waals surface area (Å²) >= 11 is 17.9. The number of halogens is 3. The first kappa shape index (κ1) is 17.9. The van der Waals surface area contributed by atoms with Gasteiger partial charge < -0.3 is 10.2 Å². The summed E-state index contributed by atoms with van der Waals surface area (Å²) in [6, 6.07) is 6.42. The first-order chi connectivity index (χ1) is 10.6. The molecule has 3 nitrogen and oxygen atoms in total. The lowest BCUT2D eigenvalue weighted by Crippen LogP contribution is -2.10. The monoisotopic (exact) mass is 371 g/mol. The topological polar surface area (TPSA) is 52.8 Å². The molecular formula is C17H16Cl3NO2. The summed E-state index contributed by atoms with van der Waals surface area (Å²) in [5.74, 6) is -0.249. The Balaban J connectivity index is 2.50. The van der Waals surface area contributed by atoms with Gasteiger partial charge in [-0.25, -0.2) is 0 Å². The zero-order valence-electron chi connectivity index (χ0n) is 12.9. The highest BCUT2D eigenvalue weighted by molar-refractivity contribution is 6.36. The van der Waals surface area contributed by atoms with Crippen LogP contribution in [0.3, 0.4) is 0 Å². The molecule has 0 radical (unpaired) electrons. The predicted molar refractivity (Wildman–Crippen MR) is 97.2 cm³/mol. The van der Waals surface area contributed by atoms with Crippen LogP contribution in [-0.4, -0.2) is 16.4 Å². The number of hydrogen-bond acceptors (Lipinski definition) is 3. The highest BCUT2D eigenvalue weighted by Gasteiger charge is 2.18. The van der Waals surface area contributed by atoms with Crippen molar-refractivity contribution in [1.82, 2.24) is 0 Å². The van der Waals surface area contributed by atoms with Crippen molar-refractivity contribution in [2.75, 3.05) is 0 Å². The molecule has 0 aliphatic carbocycles. The third kappa shape index (κ3) is 4.11. The highest BCUT2D eigenvalue weighted by atomic mass is 35.5. The molecule has 2 aromatic carbocycles. The molecule has 0 heterocycles. The molecular weight excluding hydrogens is 357 g/mol. The van der Waals surface area contributed by atoms with Crippen LogP contribution >= 0.6 is 34.8 Å². The minimum absolute atomic E-state index is 0.122. The molecule has 0 atom stereocenters. The van der Waals surface area contributed by atoms with Crippen LogP contribution in [0, 0.1) is 0 Å². The van der Waals surface area contributed by atoms with Gasteiger partial charge in [0.2, 0.25) is 0 Å². The van der Waals surface area contributed by atoms with E-state index in [1.807, 2.05) is 20.8 Å². The molecule has 0 aliphatic heterocycles. The molecule has 0 unspecified atom stereocenters. The summed E-state index contributed by atoms with van der Waals surface area (Å²) < 4.78 is 0. The Labute approximate surface area is 150 Å². The maximum absolute atomic E-state index is 10.1. The van der Waals surface area contributed by atoms with Crippen molar-refractivity contribution < 1.29 is 10.2 Å². The molecule has 2 N–H and O–H groups in total. The summed E-state index contributed by atoms with van der Waals surface area (Å²) in [7, 11) is 0. The summed E-state index contributed by atoms with van der Waals surface area (Å²) in [5, 5.41) is 20.7. The van der Waals surface area contributed by atoms with Crippen LogP contribution in [0.15, 0.2) is 29.3 Å². The van der Waals surface area contributed by atoms with Crippen molar-refractivity contribution >= 4 is 46.7 Å². The van der Waals surface area contributed by atoms with Gasteiger partial charge in [0, 0.05) is 16.8 Å². The van der Waals surface area contributed by atoms with E-state index in [-0.39, 0.29) is 27.0 Å². The molecule has 6 heteroatoms. The van der Waals surface area contributed by atoms with Gasteiger partial charge in [0.1, 0.15) is 11.4 Å². The standard InChI is InChI=1S/C17H16Cl3NO2/c1-17(2,3)10-5-12(19)16(23)14(6-10)21-8-9-4-11(18)7-13(20)15(9)22/h4-8,22-23H,1-3H3. The van der Waals surface area contributed by atoms with E-state index in [9.17, 15) is 10.2 Å². The van der Waals surface area contributed by atoms with Gasteiger partial charge in [-0.05, 0) is 35.2 Å². The van der Waals surface area contributed by atoms with Crippen molar-refractivity contribution in [2.45, 2.75) is 26.2 Å². The number of benzene rings is 2. The number of phenolic OH excluding ortho intramolecular Hbond substituents is 2.